The highest BCUT2D eigenvalue weighted by Crippen LogP contribution is 2.36. The fraction of sp³-hybridized carbons (Fsp3) is 0.259. The first-order valence-electron chi connectivity index (χ1n) is 11.5. The summed E-state index contributed by atoms with van der Waals surface area (Å²) in [5.41, 5.74) is 4.82. The molecule has 0 aliphatic carbocycles. The van der Waals surface area contributed by atoms with Gasteiger partial charge in [0.2, 0.25) is 0 Å². The number of carboxylic acids is 1. The number of hydrogen-bond acceptors (Lipinski definition) is 4. The maximum absolute atomic E-state index is 12.3. The predicted octanol–water partition coefficient (Wildman–Crippen LogP) is 4.42. The summed E-state index contributed by atoms with van der Waals surface area (Å²) < 4.78 is 0. The summed E-state index contributed by atoms with van der Waals surface area (Å²) >= 11 is 0. The van der Waals surface area contributed by atoms with Gasteiger partial charge in [0, 0.05) is 30.0 Å². The van der Waals surface area contributed by atoms with Crippen molar-refractivity contribution < 1.29 is 14.7 Å². The monoisotopic (exact) mass is 460 g/mol. The van der Waals surface area contributed by atoms with Crippen LogP contribution in [-0.2, 0) is 4.79 Å². The smallest absolute Gasteiger partial charge is 0.352 e. The minimum atomic E-state index is -1.03. The number of likely N-dealkylation sites (N-methyl/N-ethyl adjacent to an activating group) is 2. The van der Waals surface area contributed by atoms with Crippen LogP contribution in [0.5, 0.6) is 0 Å². The number of carbonyl (C=O) groups excluding carboxylic acids is 1. The first kappa shape index (κ1) is 25.0. The van der Waals surface area contributed by atoms with Crippen molar-refractivity contribution in [2.45, 2.75) is 13.8 Å². The molecule has 0 radical (unpaired) electrons. The molecular formula is C27H32N4O3. The Morgan fingerprint density at radius 2 is 1.76 bits per heavy atom. The molecule has 34 heavy (non-hydrogen) atoms. The number of carbonyl (C=O) groups is 2. The van der Waals surface area contributed by atoms with Crippen LogP contribution in [0.25, 0.3) is 22.8 Å². The highest BCUT2D eigenvalue weighted by molar-refractivity contribution is 6.35. The van der Waals surface area contributed by atoms with E-state index in [1.165, 1.54) is 12.6 Å². The standard InChI is InChI=1S/C20H14N2O3.C7H18N2/c23-19-16(11-14-7-9-17(21-14)20(24)25)15-8-6-13(10-18(15)22-19)12-4-2-1-3-5-12;1-4-9(5-2)7-6-8-3/h1-11,21H,(H,22,23)(H,24,25);8H,4-7H2,1-3H3. The molecular weight excluding hydrogens is 428 g/mol. The zero-order valence-electron chi connectivity index (χ0n) is 19.9. The number of H-pyrrole nitrogens is 1. The van der Waals surface area contributed by atoms with Crippen molar-refractivity contribution in [1.29, 1.82) is 0 Å². The topological polar surface area (TPSA) is 97.5 Å². The van der Waals surface area contributed by atoms with Gasteiger partial charge in [-0.1, -0.05) is 56.3 Å². The first-order chi connectivity index (χ1) is 16.5. The summed E-state index contributed by atoms with van der Waals surface area (Å²) in [5.74, 6) is -1.24. The molecule has 1 amide bonds. The SMILES string of the molecule is CCN(CC)CCNC.O=C1Nc2cc(-c3ccccc3)ccc2C1=Cc1ccc(C(=O)O)[nH]1. The number of nitrogens with one attached hydrogen (secondary N) is 3. The van der Waals surface area contributed by atoms with E-state index in [0.29, 0.717) is 11.3 Å². The van der Waals surface area contributed by atoms with Crippen molar-refractivity contribution in [3.05, 3.63) is 77.6 Å². The average molecular weight is 461 g/mol. The minimum absolute atomic E-state index is 0.0879. The molecule has 2 aromatic carbocycles. The number of fused-ring (bicyclic) bond motifs is 1. The van der Waals surface area contributed by atoms with E-state index in [2.05, 4.69) is 34.4 Å². The van der Waals surface area contributed by atoms with Crippen molar-refractivity contribution in [1.82, 2.24) is 15.2 Å². The third kappa shape index (κ3) is 6.21. The zero-order valence-corrected chi connectivity index (χ0v) is 19.9. The summed E-state index contributed by atoms with van der Waals surface area (Å²) in [4.78, 5) is 28.4. The van der Waals surface area contributed by atoms with E-state index in [1.54, 1.807) is 12.1 Å². The van der Waals surface area contributed by atoms with E-state index in [0.717, 1.165) is 42.0 Å². The van der Waals surface area contributed by atoms with Crippen molar-refractivity contribution >= 4 is 29.2 Å². The Balaban J connectivity index is 0.000000309. The normalized spacial score (nSPS) is 13.4. The van der Waals surface area contributed by atoms with Gasteiger partial charge in [0.15, 0.2) is 0 Å². The molecule has 0 saturated carbocycles. The molecule has 4 rings (SSSR count). The molecule has 2 heterocycles. The highest BCUT2D eigenvalue weighted by atomic mass is 16.4. The summed E-state index contributed by atoms with van der Waals surface area (Å²) in [7, 11) is 1.99. The number of carboxylic acid groups (broad SMARTS) is 1. The largest absolute Gasteiger partial charge is 0.477 e. The molecule has 1 aliphatic heterocycles. The van der Waals surface area contributed by atoms with Crippen molar-refractivity contribution in [2.75, 3.05) is 38.5 Å². The fourth-order valence-electron chi connectivity index (χ4n) is 3.73. The van der Waals surface area contributed by atoms with Crippen LogP contribution in [0.3, 0.4) is 0 Å². The van der Waals surface area contributed by atoms with Crippen LogP contribution < -0.4 is 10.6 Å². The van der Waals surface area contributed by atoms with Crippen LogP contribution >= 0.6 is 0 Å². The molecule has 0 spiro atoms. The van der Waals surface area contributed by atoms with E-state index in [1.807, 2.05) is 55.6 Å². The second-order valence-corrected chi connectivity index (χ2v) is 7.90. The van der Waals surface area contributed by atoms with Crippen LogP contribution in [0, 0.1) is 0 Å². The van der Waals surface area contributed by atoms with Gasteiger partial charge in [0.25, 0.3) is 5.91 Å². The lowest BCUT2D eigenvalue weighted by Crippen LogP contribution is -2.30. The molecule has 0 atom stereocenters. The number of aromatic amines is 1. The third-order valence-corrected chi connectivity index (χ3v) is 5.72. The molecule has 0 bridgehead atoms. The number of hydrogen-bond donors (Lipinski definition) is 4. The van der Waals surface area contributed by atoms with Gasteiger partial charge in [-0.05, 0) is 55.5 Å². The molecule has 1 aliphatic rings. The van der Waals surface area contributed by atoms with Gasteiger partial charge in [-0.25, -0.2) is 4.79 Å². The van der Waals surface area contributed by atoms with Gasteiger partial charge in [0.05, 0.1) is 5.57 Å². The number of benzene rings is 2. The molecule has 0 fully saturated rings. The summed E-state index contributed by atoms with van der Waals surface area (Å²) in [6, 6.07) is 18.9. The Hall–Kier alpha value is -3.68. The van der Waals surface area contributed by atoms with Crippen molar-refractivity contribution in [2.24, 2.45) is 0 Å². The molecule has 178 valence electrons. The number of amides is 1. The van der Waals surface area contributed by atoms with E-state index >= 15 is 0 Å². The molecule has 0 saturated heterocycles. The molecule has 7 heteroatoms. The first-order valence-corrected chi connectivity index (χ1v) is 11.5. The number of anilines is 1. The minimum Gasteiger partial charge on any atom is -0.477 e. The Morgan fingerprint density at radius 3 is 2.38 bits per heavy atom. The van der Waals surface area contributed by atoms with Crippen LogP contribution in [0.15, 0.2) is 60.7 Å². The zero-order chi connectivity index (χ0) is 24.5. The van der Waals surface area contributed by atoms with Crippen LogP contribution in [0.2, 0.25) is 0 Å². The van der Waals surface area contributed by atoms with Crippen molar-refractivity contribution in [3.63, 3.8) is 0 Å². The maximum Gasteiger partial charge on any atom is 0.352 e. The van der Waals surface area contributed by atoms with E-state index in [9.17, 15) is 9.59 Å². The molecule has 3 aromatic rings. The van der Waals surface area contributed by atoms with Gasteiger partial charge >= 0.3 is 5.97 Å². The number of aromatic nitrogens is 1. The van der Waals surface area contributed by atoms with Crippen LogP contribution in [0.1, 0.15) is 35.6 Å². The summed E-state index contributed by atoms with van der Waals surface area (Å²) in [6.45, 7) is 8.99. The molecule has 7 nitrogen and oxygen atoms in total. The second-order valence-electron chi connectivity index (χ2n) is 7.90. The predicted molar refractivity (Wildman–Crippen MR) is 138 cm³/mol. The molecule has 1 aromatic heterocycles. The fourth-order valence-corrected chi connectivity index (χ4v) is 3.73. The van der Waals surface area contributed by atoms with E-state index in [-0.39, 0.29) is 11.6 Å². The number of aromatic carboxylic acids is 1. The van der Waals surface area contributed by atoms with Crippen LogP contribution in [0.4, 0.5) is 5.69 Å². The Bertz CT molecular complexity index is 1150. The number of rotatable bonds is 8. The quantitative estimate of drug-likeness (QED) is 0.373. The lowest BCUT2D eigenvalue weighted by Gasteiger charge is -2.16. The van der Waals surface area contributed by atoms with Crippen LogP contribution in [-0.4, -0.2) is 60.1 Å². The third-order valence-electron chi connectivity index (χ3n) is 5.72. The average Bonchev–Trinajstić information content (AvgIpc) is 3.45. The Kier molecular flexibility index (Phi) is 8.79. The van der Waals surface area contributed by atoms with Crippen molar-refractivity contribution in [3.8, 4) is 11.1 Å². The van der Waals surface area contributed by atoms with E-state index in [4.69, 9.17) is 5.11 Å². The summed E-state index contributed by atoms with van der Waals surface area (Å²) in [5, 5.41) is 15.0. The van der Waals surface area contributed by atoms with Gasteiger partial charge in [-0.2, -0.15) is 0 Å². The van der Waals surface area contributed by atoms with Gasteiger partial charge in [0.1, 0.15) is 5.69 Å². The number of nitrogens with zero attached hydrogens (tertiary/aromatic N) is 1. The van der Waals surface area contributed by atoms with Gasteiger partial charge < -0.3 is 25.6 Å². The lowest BCUT2D eigenvalue weighted by atomic mass is 10.00. The highest BCUT2D eigenvalue weighted by Gasteiger charge is 2.24. The maximum atomic E-state index is 12.3. The summed E-state index contributed by atoms with van der Waals surface area (Å²) in [6.07, 6.45) is 1.66. The Morgan fingerprint density at radius 1 is 1.03 bits per heavy atom. The molecule has 4 N–H and O–H groups in total. The lowest BCUT2D eigenvalue weighted by molar-refractivity contribution is -0.110. The van der Waals surface area contributed by atoms with Gasteiger partial charge in [-0.3, -0.25) is 4.79 Å². The van der Waals surface area contributed by atoms with E-state index < -0.39 is 5.97 Å². The Labute approximate surface area is 200 Å². The molecule has 0 unspecified atom stereocenters. The second kappa shape index (κ2) is 12.0. The van der Waals surface area contributed by atoms with Gasteiger partial charge in [-0.15, -0.1) is 0 Å².